The van der Waals surface area contributed by atoms with E-state index in [1.54, 1.807) is 0 Å². The molecule has 1 aliphatic heterocycles. The summed E-state index contributed by atoms with van der Waals surface area (Å²) >= 11 is 0. The molecule has 2 aromatic rings. The predicted octanol–water partition coefficient (Wildman–Crippen LogP) is 4.60. The minimum Gasteiger partial charge on any atom is -0.381 e. The molecule has 0 amide bonds. The summed E-state index contributed by atoms with van der Waals surface area (Å²) in [5, 5.41) is 3.51. The lowest BCUT2D eigenvalue weighted by molar-refractivity contribution is 0.578. The van der Waals surface area contributed by atoms with Crippen LogP contribution < -0.4 is 10.2 Å². The first-order chi connectivity index (χ1) is 10.3. The summed E-state index contributed by atoms with van der Waals surface area (Å²) in [4.78, 5) is 2.49. The van der Waals surface area contributed by atoms with Crippen LogP contribution in [0.1, 0.15) is 30.4 Å². The molecule has 2 nitrogen and oxygen atoms in total. The van der Waals surface area contributed by atoms with Gasteiger partial charge in [0.15, 0.2) is 0 Å². The standard InChI is InChI=1S/C19H24N2/c1-16-7-3-4-8-17(16)15-20-18-9-11-19(12-10-18)21-13-5-2-6-14-21/h3-4,7-12,20H,2,5-6,13-15H2,1H3. The smallest absolute Gasteiger partial charge is 0.0403 e. The van der Waals surface area contributed by atoms with Crippen LogP contribution in [0.3, 0.4) is 0 Å². The molecule has 1 fully saturated rings. The van der Waals surface area contributed by atoms with Crippen molar-refractivity contribution in [3.8, 4) is 0 Å². The molecule has 110 valence electrons. The Bertz CT molecular complexity index is 568. The lowest BCUT2D eigenvalue weighted by Gasteiger charge is -2.28. The van der Waals surface area contributed by atoms with E-state index in [0.29, 0.717) is 0 Å². The number of nitrogens with one attached hydrogen (secondary N) is 1. The van der Waals surface area contributed by atoms with Gasteiger partial charge in [-0.2, -0.15) is 0 Å². The maximum absolute atomic E-state index is 3.51. The van der Waals surface area contributed by atoms with E-state index in [-0.39, 0.29) is 0 Å². The van der Waals surface area contributed by atoms with Gasteiger partial charge in [-0.05, 0) is 61.6 Å². The van der Waals surface area contributed by atoms with E-state index in [1.807, 2.05) is 0 Å². The molecule has 0 aromatic heterocycles. The fraction of sp³-hybridized carbons (Fsp3) is 0.368. The number of anilines is 2. The SMILES string of the molecule is Cc1ccccc1CNc1ccc(N2CCCCC2)cc1. The quantitative estimate of drug-likeness (QED) is 0.880. The van der Waals surface area contributed by atoms with E-state index in [4.69, 9.17) is 0 Å². The summed E-state index contributed by atoms with van der Waals surface area (Å²) < 4.78 is 0. The van der Waals surface area contributed by atoms with Crippen molar-refractivity contribution in [2.24, 2.45) is 0 Å². The highest BCUT2D eigenvalue weighted by Gasteiger charge is 2.10. The first-order valence-corrected chi connectivity index (χ1v) is 7.96. The Labute approximate surface area is 127 Å². The van der Waals surface area contributed by atoms with Crippen LogP contribution in [-0.2, 0) is 6.54 Å². The highest BCUT2D eigenvalue weighted by Crippen LogP contribution is 2.22. The second-order valence-electron chi connectivity index (χ2n) is 5.87. The third kappa shape index (κ3) is 3.57. The Hall–Kier alpha value is -1.96. The monoisotopic (exact) mass is 280 g/mol. The van der Waals surface area contributed by atoms with Gasteiger partial charge in [0, 0.05) is 31.0 Å². The van der Waals surface area contributed by atoms with Gasteiger partial charge in [0.05, 0.1) is 0 Å². The van der Waals surface area contributed by atoms with E-state index >= 15 is 0 Å². The number of aryl methyl sites for hydroxylation is 1. The molecular formula is C19H24N2. The fourth-order valence-electron chi connectivity index (χ4n) is 2.95. The summed E-state index contributed by atoms with van der Waals surface area (Å²) in [5.41, 5.74) is 5.25. The number of hydrogen-bond acceptors (Lipinski definition) is 2. The van der Waals surface area contributed by atoms with E-state index in [2.05, 4.69) is 65.7 Å². The fourth-order valence-corrected chi connectivity index (χ4v) is 2.95. The maximum Gasteiger partial charge on any atom is 0.0403 e. The van der Waals surface area contributed by atoms with Crippen LogP contribution in [0, 0.1) is 6.92 Å². The highest BCUT2D eigenvalue weighted by atomic mass is 15.1. The normalized spacial score (nSPS) is 15.0. The van der Waals surface area contributed by atoms with Gasteiger partial charge in [-0.25, -0.2) is 0 Å². The van der Waals surface area contributed by atoms with Gasteiger partial charge < -0.3 is 10.2 Å². The molecule has 0 spiro atoms. The topological polar surface area (TPSA) is 15.3 Å². The molecular weight excluding hydrogens is 256 g/mol. The Morgan fingerprint density at radius 3 is 2.33 bits per heavy atom. The molecule has 0 aliphatic carbocycles. The molecule has 2 heteroatoms. The summed E-state index contributed by atoms with van der Waals surface area (Å²) in [7, 11) is 0. The first-order valence-electron chi connectivity index (χ1n) is 7.96. The third-order valence-electron chi connectivity index (χ3n) is 4.33. The van der Waals surface area contributed by atoms with E-state index < -0.39 is 0 Å². The number of benzene rings is 2. The van der Waals surface area contributed by atoms with Gasteiger partial charge in [-0.1, -0.05) is 24.3 Å². The predicted molar refractivity (Wildman–Crippen MR) is 91.0 cm³/mol. The molecule has 1 N–H and O–H groups in total. The molecule has 0 bridgehead atoms. The van der Waals surface area contributed by atoms with Crippen molar-refractivity contribution in [3.63, 3.8) is 0 Å². The third-order valence-corrected chi connectivity index (χ3v) is 4.33. The summed E-state index contributed by atoms with van der Waals surface area (Å²) in [5.74, 6) is 0. The van der Waals surface area contributed by atoms with Crippen LogP contribution in [0.4, 0.5) is 11.4 Å². The Kier molecular flexibility index (Phi) is 4.44. The van der Waals surface area contributed by atoms with Crippen LogP contribution in [0.15, 0.2) is 48.5 Å². The molecule has 1 saturated heterocycles. The zero-order valence-electron chi connectivity index (χ0n) is 12.8. The van der Waals surface area contributed by atoms with Crippen LogP contribution in [0.2, 0.25) is 0 Å². The van der Waals surface area contributed by atoms with Crippen LogP contribution in [-0.4, -0.2) is 13.1 Å². The minimum atomic E-state index is 0.885. The van der Waals surface area contributed by atoms with Crippen molar-refractivity contribution in [3.05, 3.63) is 59.7 Å². The maximum atomic E-state index is 3.51. The summed E-state index contributed by atoms with van der Waals surface area (Å²) in [6, 6.07) is 17.4. The van der Waals surface area contributed by atoms with Crippen molar-refractivity contribution in [1.29, 1.82) is 0 Å². The average molecular weight is 280 g/mol. The molecule has 0 unspecified atom stereocenters. The number of hydrogen-bond donors (Lipinski definition) is 1. The summed E-state index contributed by atoms with van der Waals surface area (Å²) in [6.45, 7) is 5.46. The Balaban J connectivity index is 1.60. The average Bonchev–Trinajstić information content (AvgIpc) is 2.55. The van der Waals surface area contributed by atoms with Gasteiger partial charge in [-0.15, -0.1) is 0 Å². The molecule has 0 saturated carbocycles. The Morgan fingerprint density at radius 2 is 1.62 bits per heavy atom. The van der Waals surface area contributed by atoms with Gasteiger partial charge in [0.25, 0.3) is 0 Å². The van der Waals surface area contributed by atoms with E-state index in [9.17, 15) is 0 Å². The van der Waals surface area contributed by atoms with Crippen molar-refractivity contribution in [1.82, 2.24) is 0 Å². The van der Waals surface area contributed by atoms with Crippen LogP contribution in [0.5, 0.6) is 0 Å². The zero-order chi connectivity index (χ0) is 14.5. The van der Waals surface area contributed by atoms with E-state index in [0.717, 1.165) is 6.54 Å². The lowest BCUT2D eigenvalue weighted by Crippen LogP contribution is -2.29. The molecule has 1 aliphatic rings. The lowest BCUT2D eigenvalue weighted by atomic mass is 10.1. The van der Waals surface area contributed by atoms with Crippen molar-refractivity contribution in [2.75, 3.05) is 23.3 Å². The molecule has 2 aromatic carbocycles. The second-order valence-corrected chi connectivity index (χ2v) is 5.87. The molecule has 3 rings (SSSR count). The van der Waals surface area contributed by atoms with Crippen LogP contribution >= 0.6 is 0 Å². The molecule has 0 atom stereocenters. The van der Waals surface area contributed by atoms with Gasteiger partial charge in [0.2, 0.25) is 0 Å². The van der Waals surface area contributed by atoms with Gasteiger partial charge in [-0.3, -0.25) is 0 Å². The number of nitrogens with zero attached hydrogens (tertiary/aromatic N) is 1. The minimum absolute atomic E-state index is 0.885. The van der Waals surface area contributed by atoms with Crippen molar-refractivity contribution in [2.45, 2.75) is 32.7 Å². The molecule has 1 heterocycles. The van der Waals surface area contributed by atoms with Crippen molar-refractivity contribution < 1.29 is 0 Å². The number of piperidine rings is 1. The first kappa shape index (κ1) is 14.0. The molecule has 0 radical (unpaired) electrons. The van der Waals surface area contributed by atoms with E-state index in [1.165, 1.54) is 54.9 Å². The van der Waals surface area contributed by atoms with Gasteiger partial charge in [0.1, 0.15) is 0 Å². The molecule has 21 heavy (non-hydrogen) atoms. The highest BCUT2D eigenvalue weighted by molar-refractivity contribution is 5.55. The second kappa shape index (κ2) is 6.66. The zero-order valence-corrected chi connectivity index (χ0v) is 12.8. The largest absolute Gasteiger partial charge is 0.381 e. The van der Waals surface area contributed by atoms with Gasteiger partial charge >= 0.3 is 0 Å². The number of rotatable bonds is 4. The van der Waals surface area contributed by atoms with Crippen LogP contribution in [0.25, 0.3) is 0 Å². The Morgan fingerprint density at radius 1 is 0.905 bits per heavy atom. The summed E-state index contributed by atoms with van der Waals surface area (Å²) in [6.07, 6.45) is 4.03. The van der Waals surface area contributed by atoms with Crippen molar-refractivity contribution >= 4 is 11.4 Å².